The Morgan fingerprint density at radius 3 is 0.952 bits per heavy atom. The van der Waals surface area contributed by atoms with Gasteiger partial charge >= 0.3 is 35.8 Å². The molecular formula is C24H44O18. The Kier molecular flexibility index (Phi) is 33.1. The van der Waals surface area contributed by atoms with Crippen LogP contribution in [0.15, 0.2) is 0 Å². The van der Waals surface area contributed by atoms with Crippen LogP contribution in [0.25, 0.3) is 0 Å². The van der Waals surface area contributed by atoms with Crippen molar-refractivity contribution in [2.24, 2.45) is 0 Å². The third-order valence-electron chi connectivity index (χ3n) is 3.40. The fourth-order valence-corrected chi connectivity index (χ4v) is 1.68. The van der Waals surface area contributed by atoms with E-state index in [1.54, 1.807) is 0 Å². The summed E-state index contributed by atoms with van der Waals surface area (Å²) < 4.78 is 26.8. The molecule has 2 unspecified atom stereocenters. The standard InChI is InChI=1S/2C7H12O5.2C5H10O4/c1-5(8)11-3-7(10)4-12-6(2)9;1-5(9)11-4-7(3-8)12-6(2)10;1-4(7)9-3-5(8)2-6;1-4(8)9-5(2-6)3-7/h7,10H,3-4H2,1-2H3;7-8H,3-4H2,1-2H3;5-6,8H,2-3H2,1H3;5-7H,2-3H2,1H3. The highest BCUT2D eigenvalue weighted by Crippen LogP contribution is 1.93. The molecule has 0 fully saturated rings. The van der Waals surface area contributed by atoms with Gasteiger partial charge in [0.15, 0.2) is 6.10 Å². The van der Waals surface area contributed by atoms with E-state index in [0.29, 0.717) is 0 Å². The molecule has 0 aromatic carbocycles. The zero-order valence-corrected chi connectivity index (χ0v) is 24.5. The van der Waals surface area contributed by atoms with Crippen molar-refractivity contribution in [3.63, 3.8) is 0 Å². The van der Waals surface area contributed by atoms with Crippen LogP contribution in [0.1, 0.15) is 41.5 Å². The van der Waals surface area contributed by atoms with Crippen LogP contribution in [-0.4, -0.2) is 144 Å². The Morgan fingerprint density at radius 1 is 0.429 bits per heavy atom. The van der Waals surface area contributed by atoms with E-state index in [0.717, 1.165) is 0 Å². The minimum Gasteiger partial charge on any atom is -0.463 e. The largest absolute Gasteiger partial charge is 0.463 e. The van der Waals surface area contributed by atoms with Crippen molar-refractivity contribution in [3.8, 4) is 0 Å². The molecule has 18 heteroatoms. The van der Waals surface area contributed by atoms with Crippen LogP contribution in [0.3, 0.4) is 0 Å². The van der Waals surface area contributed by atoms with Crippen LogP contribution in [0.4, 0.5) is 0 Å². The average molecular weight is 621 g/mol. The van der Waals surface area contributed by atoms with E-state index in [1.807, 2.05) is 0 Å². The summed E-state index contributed by atoms with van der Waals surface area (Å²) in [5.74, 6) is -2.89. The Labute approximate surface area is 243 Å². The zero-order chi connectivity index (χ0) is 33.7. The van der Waals surface area contributed by atoms with Gasteiger partial charge < -0.3 is 59.1 Å². The van der Waals surface area contributed by atoms with Crippen LogP contribution in [0.2, 0.25) is 0 Å². The molecule has 248 valence electrons. The van der Waals surface area contributed by atoms with Crippen LogP contribution in [0, 0.1) is 0 Å². The molecule has 0 amide bonds. The average Bonchev–Trinajstić information content (AvgIpc) is 2.90. The predicted molar refractivity (Wildman–Crippen MR) is 138 cm³/mol. The van der Waals surface area contributed by atoms with Gasteiger partial charge in [0.1, 0.15) is 44.7 Å². The molecule has 0 rings (SSSR count). The summed E-state index contributed by atoms with van der Waals surface area (Å²) >= 11 is 0. The molecule has 0 radical (unpaired) electrons. The number of carbonyl (C=O) groups is 6. The third kappa shape index (κ3) is 43.6. The van der Waals surface area contributed by atoms with Crippen LogP contribution in [0.5, 0.6) is 0 Å². The lowest BCUT2D eigenvalue weighted by atomic mass is 10.4. The molecule has 0 spiro atoms. The lowest BCUT2D eigenvalue weighted by Gasteiger charge is -2.13. The van der Waals surface area contributed by atoms with Crippen molar-refractivity contribution in [2.45, 2.75) is 66.0 Å². The molecule has 0 saturated heterocycles. The second-order valence-corrected chi connectivity index (χ2v) is 7.71. The normalized spacial score (nSPS) is 11.0. The summed E-state index contributed by atoms with van der Waals surface area (Å²) in [4.78, 5) is 61.4. The lowest BCUT2D eigenvalue weighted by Crippen LogP contribution is -2.26. The third-order valence-corrected chi connectivity index (χ3v) is 3.40. The molecule has 0 bridgehead atoms. The van der Waals surface area contributed by atoms with Gasteiger partial charge in [0.2, 0.25) is 0 Å². The van der Waals surface area contributed by atoms with Crippen LogP contribution < -0.4 is 0 Å². The van der Waals surface area contributed by atoms with E-state index in [-0.39, 0.29) is 52.9 Å². The summed E-state index contributed by atoms with van der Waals surface area (Å²) in [7, 11) is 0. The summed E-state index contributed by atoms with van der Waals surface area (Å²) in [5, 5.41) is 51.1. The maximum atomic E-state index is 10.4. The summed E-state index contributed by atoms with van der Waals surface area (Å²) in [5.41, 5.74) is 0. The second-order valence-electron chi connectivity index (χ2n) is 7.71. The van der Waals surface area contributed by atoms with E-state index in [9.17, 15) is 28.8 Å². The topological polar surface area (TPSA) is 279 Å². The minimum absolute atomic E-state index is 0.106. The number of aliphatic hydroxyl groups is 6. The van der Waals surface area contributed by atoms with E-state index < -0.39 is 60.2 Å². The van der Waals surface area contributed by atoms with Crippen molar-refractivity contribution < 1.29 is 87.8 Å². The minimum atomic E-state index is -0.950. The van der Waals surface area contributed by atoms with Crippen molar-refractivity contribution in [2.75, 3.05) is 52.9 Å². The molecule has 0 aromatic heterocycles. The molecule has 18 nitrogen and oxygen atoms in total. The molecule has 0 aliphatic rings. The summed E-state index contributed by atoms with van der Waals surface area (Å²) in [6.07, 6.45) is -3.42. The van der Waals surface area contributed by atoms with E-state index in [4.69, 9.17) is 30.6 Å². The number of hydrogen-bond donors (Lipinski definition) is 6. The highest BCUT2D eigenvalue weighted by molar-refractivity contribution is 5.67. The second kappa shape index (κ2) is 30.5. The smallest absolute Gasteiger partial charge is 0.303 e. The van der Waals surface area contributed by atoms with E-state index in [1.165, 1.54) is 41.5 Å². The first kappa shape index (κ1) is 45.6. The molecule has 6 N–H and O–H groups in total. The van der Waals surface area contributed by atoms with Gasteiger partial charge in [0.05, 0.1) is 26.4 Å². The number of hydrogen-bond acceptors (Lipinski definition) is 18. The first-order valence-electron chi connectivity index (χ1n) is 12.1. The molecule has 0 aliphatic carbocycles. The molecule has 0 heterocycles. The zero-order valence-electron chi connectivity index (χ0n) is 24.5. The van der Waals surface area contributed by atoms with Crippen molar-refractivity contribution >= 4 is 35.8 Å². The first-order chi connectivity index (χ1) is 19.4. The van der Waals surface area contributed by atoms with Gasteiger partial charge in [-0.3, -0.25) is 28.8 Å². The Morgan fingerprint density at radius 2 is 0.714 bits per heavy atom. The van der Waals surface area contributed by atoms with Gasteiger partial charge in [0.25, 0.3) is 0 Å². The van der Waals surface area contributed by atoms with Gasteiger partial charge in [-0.2, -0.15) is 0 Å². The summed E-state index contributed by atoms with van der Waals surface area (Å²) in [6, 6.07) is 0. The number of ether oxygens (including phenoxy) is 6. The van der Waals surface area contributed by atoms with Gasteiger partial charge in [0, 0.05) is 41.5 Å². The first-order valence-corrected chi connectivity index (χ1v) is 12.1. The highest BCUT2D eigenvalue weighted by Gasteiger charge is 2.12. The maximum Gasteiger partial charge on any atom is 0.303 e. The molecule has 0 aliphatic heterocycles. The molecule has 42 heavy (non-hydrogen) atoms. The highest BCUT2D eigenvalue weighted by atomic mass is 16.6. The van der Waals surface area contributed by atoms with Gasteiger partial charge in [-0.1, -0.05) is 0 Å². The number of aliphatic hydroxyl groups excluding tert-OH is 6. The molecule has 0 aromatic rings. The fourth-order valence-electron chi connectivity index (χ4n) is 1.68. The van der Waals surface area contributed by atoms with Crippen molar-refractivity contribution in [1.82, 2.24) is 0 Å². The molecule has 0 saturated carbocycles. The van der Waals surface area contributed by atoms with Crippen LogP contribution in [-0.2, 0) is 57.2 Å². The number of rotatable bonds is 14. The van der Waals surface area contributed by atoms with Gasteiger partial charge in [-0.25, -0.2) is 0 Å². The molecule has 2 atom stereocenters. The Hall–Kier alpha value is -3.42. The van der Waals surface area contributed by atoms with Crippen molar-refractivity contribution in [3.05, 3.63) is 0 Å². The quantitative estimate of drug-likeness (QED) is 0.0821. The number of carbonyl (C=O) groups excluding carboxylic acids is 6. The van der Waals surface area contributed by atoms with Crippen LogP contribution >= 0.6 is 0 Å². The Bertz CT molecular complexity index is 734. The van der Waals surface area contributed by atoms with Gasteiger partial charge in [-0.15, -0.1) is 0 Å². The number of esters is 6. The fraction of sp³-hybridized carbons (Fsp3) is 0.750. The van der Waals surface area contributed by atoms with Crippen molar-refractivity contribution in [1.29, 1.82) is 0 Å². The van der Waals surface area contributed by atoms with E-state index in [2.05, 4.69) is 28.4 Å². The maximum absolute atomic E-state index is 10.4. The SMILES string of the molecule is CC(=O)OC(CO)CO.CC(=O)OCC(CO)OC(C)=O.CC(=O)OCC(O)CO.CC(=O)OCC(O)COC(C)=O. The Balaban J connectivity index is -0.000000231. The van der Waals surface area contributed by atoms with Gasteiger partial charge in [-0.05, 0) is 0 Å². The molecular weight excluding hydrogens is 576 g/mol. The monoisotopic (exact) mass is 620 g/mol. The predicted octanol–water partition coefficient (Wildman–Crippen LogP) is -3.25. The van der Waals surface area contributed by atoms with E-state index >= 15 is 0 Å². The lowest BCUT2D eigenvalue weighted by molar-refractivity contribution is -0.158. The summed E-state index contributed by atoms with van der Waals surface area (Å²) in [6.45, 7) is 5.44.